The molecule has 1 unspecified atom stereocenters. The van der Waals surface area contributed by atoms with E-state index in [4.69, 9.17) is 0 Å². The molecule has 0 aromatic rings. The molecule has 68 valence electrons. The zero-order valence-electron chi connectivity index (χ0n) is 8.06. The van der Waals surface area contributed by atoms with Crippen molar-refractivity contribution in [3.05, 3.63) is 0 Å². The third-order valence-electron chi connectivity index (χ3n) is 3.02. The normalized spacial score (nSPS) is 22.9. The Morgan fingerprint density at radius 1 is 1.42 bits per heavy atom. The molecule has 1 fully saturated rings. The highest BCUT2D eigenvalue weighted by Gasteiger charge is 2.35. The van der Waals surface area contributed by atoms with Gasteiger partial charge in [-0.25, -0.2) is 0 Å². The van der Waals surface area contributed by atoms with Gasteiger partial charge < -0.3 is 5.11 Å². The Morgan fingerprint density at radius 2 is 2.00 bits per heavy atom. The Kier molecular flexibility index (Phi) is 3.17. The average Bonchev–Trinajstić information content (AvgIpc) is 2.49. The predicted molar refractivity (Wildman–Crippen MR) is 50.6 cm³/mol. The highest BCUT2D eigenvalue weighted by molar-refractivity contribution is 5.00. The molecule has 0 aromatic heterocycles. The van der Waals surface area contributed by atoms with Crippen molar-refractivity contribution in [2.45, 2.75) is 52.1 Å². The summed E-state index contributed by atoms with van der Waals surface area (Å²) in [6, 6.07) is 0. The van der Waals surface area contributed by atoms with E-state index in [9.17, 15) is 5.11 Å². The first kappa shape index (κ1) is 9.61. The molecule has 0 bridgehead atoms. The number of aliphatic hydroxyl groups excluding tert-OH is 1. The summed E-state index contributed by atoms with van der Waals surface area (Å²) >= 11 is 0. The summed E-state index contributed by atoms with van der Waals surface area (Å²) in [4.78, 5) is 0. The molecule has 12 heavy (non-hydrogen) atoms. The van der Waals surface area contributed by atoms with Crippen LogP contribution in [0.25, 0.3) is 0 Å². The van der Waals surface area contributed by atoms with Crippen LogP contribution in [0.5, 0.6) is 0 Å². The molecule has 0 amide bonds. The molecule has 1 aliphatic carbocycles. The first-order valence-corrected chi connectivity index (χ1v) is 4.77. The van der Waals surface area contributed by atoms with Crippen molar-refractivity contribution in [2.24, 2.45) is 5.41 Å². The minimum Gasteiger partial charge on any atom is -0.392 e. The molecule has 0 radical (unpaired) electrons. The molecule has 1 rings (SSSR count). The van der Waals surface area contributed by atoms with Crippen LogP contribution >= 0.6 is 0 Å². The number of aliphatic hydroxyl groups is 1. The number of rotatable bonds is 2. The first-order valence-electron chi connectivity index (χ1n) is 4.77. The van der Waals surface area contributed by atoms with Gasteiger partial charge in [0.05, 0.1) is 6.10 Å². The second kappa shape index (κ2) is 3.96. The van der Waals surface area contributed by atoms with Crippen molar-refractivity contribution in [3.63, 3.8) is 0 Å². The molecule has 1 N–H and O–H groups in total. The summed E-state index contributed by atoms with van der Waals surface area (Å²) in [6.07, 6.45) is 5.30. The first-order chi connectivity index (χ1) is 5.69. The van der Waals surface area contributed by atoms with Gasteiger partial charge in [-0.3, -0.25) is 0 Å². The quantitative estimate of drug-likeness (QED) is 0.624. The van der Waals surface area contributed by atoms with Crippen molar-refractivity contribution >= 4 is 0 Å². The molecule has 1 nitrogen and oxygen atoms in total. The molecule has 0 aliphatic heterocycles. The van der Waals surface area contributed by atoms with Crippen LogP contribution in [0.15, 0.2) is 0 Å². The van der Waals surface area contributed by atoms with Crippen molar-refractivity contribution in [2.75, 3.05) is 0 Å². The Labute approximate surface area is 75.2 Å². The lowest BCUT2D eigenvalue weighted by atomic mass is 9.81. The lowest BCUT2D eigenvalue weighted by Gasteiger charge is -2.28. The van der Waals surface area contributed by atoms with Gasteiger partial charge in [-0.1, -0.05) is 19.8 Å². The number of hydrogen-bond acceptors (Lipinski definition) is 1. The standard InChI is InChI=1S/C11H18O/c1-3-4-7-10(12)11(2)8-5-6-9-11/h10,12H,5-9H2,1-2H3. The topological polar surface area (TPSA) is 20.2 Å². The third kappa shape index (κ3) is 2.01. The average molecular weight is 166 g/mol. The highest BCUT2D eigenvalue weighted by Crippen LogP contribution is 2.41. The van der Waals surface area contributed by atoms with Gasteiger partial charge in [-0.2, -0.15) is 0 Å². The molecular formula is C11H18O. The monoisotopic (exact) mass is 166 g/mol. The Hall–Kier alpha value is -0.480. The van der Waals surface area contributed by atoms with Crippen molar-refractivity contribution in [1.82, 2.24) is 0 Å². The fourth-order valence-electron chi connectivity index (χ4n) is 1.96. The highest BCUT2D eigenvalue weighted by atomic mass is 16.3. The van der Waals surface area contributed by atoms with E-state index in [0.717, 1.165) is 0 Å². The maximum Gasteiger partial charge on any atom is 0.0702 e. The van der Waals surface area contributed by atoms with Crippen molar-refractivity contribution in [1.29, 1.82) is 0 Å². The van der Waals surface area contributed by atoms with Gasteiger partial charge in [0.2, 0.25) is 0 Å². The van der Waals surface area contributed by atoms with Crippen LogP contribution < -0.4 is 0 Å². The van der Waals surface area contributed by atoms with E-state index in [2.05, 4.69) is 18.8 Å². The second-order valence-electron chi connectivity index (χ2n) is 4.01. The predicted octanol–water partition coefficient (Wildman–Crippen LogP) is 2.34. The molecular weight excluding hydrogens is 148 g/mol. The lowest BCUT2D eigenvalue weighted by Crippen LogP contribution is -2.28. The summed E-state index contributed by atoms with van der Waals surface area (Å²) in [5, 5.41) is 9.84. The van der Waals surface area contributed by atoms with Gasteiger partial charge in [0.15, 0.2) is 0 Å². The Bertz CT molecular complexity index is 191. The second-order valence-corrected chi connectivity index (χ2v) is 4.01. The largest absolute Gasteiger partial charge is 0.392 e. The molecule has 1 saturated carbocycles. The molecule has 0 saturated heterocycles. The molecule has 1 aliphatic rings. The van der Waals surface area contributed by atoms with Crippen LogP contribution in [0.1, 0.15) is 46.0 Å². The van der Waals surface area contributed by atoms with E-state index >= 15 is 0 Å². The summed E-state index contributed by atoms with van der Waals surface area (Å²) in [6.45, 7) is 4.01. The fourth-order valence-corrected chi connectivity index (χ4v) is 1.96. The van der Waals surface area contributed by atoms with Crippen LogP contribution in [-0.2, 0) is 0 Å². The van der Waals surface area contributed by atoms with Crippen LogP contribution in [0.4, 0.5) is 0 Å². The van der Waals surface area contributed by atoms with Crippen LogP contribution in [0, 0.1) is 17.3 Å². The summed E-state index contributed by atoms with van der Waals surface area (Å²) < 4.78 is 0. The minimum absolute atomic E-state index is 0.157. The zero-order valence-corrected chi connectivity index (χ0v) is 8.06. The Balaban J connectivity index is 2.47. The van der Waals surface area contributed by atoms with Gasteiger partial charge in [-0.15, -0.1) is 11.8 Å². The van der Waals surface area contributed by atoms with E-state index < -0.39 is 0 Å². The van der Waals surface area contributed by atoms with Crippen molar-refractivity contribution in [3.8, 4) is 11.8 Å². The lowest BCUT2D eigenvalue weighted by molar-refractivity contribution is 0.0462. The zero-order chi connectivity index (χ0) is 9.03. The maximum absolute atomic E-state index is 9.84. The summed E-state index contributed by atoms with van der Waals surface area (Å²) in [5.41, 5.74) is 0.157. The fraction of sp³-hybridized carbons (Fsp3) is 0.818. The molecule has 1 heteroatoms. The number of hydrogen-bond donors (Lipinski definition) is 1. The van der Waals surface area contributed by atoms with Gasteiger partial charge in [-0.05, 0) is 25.2 Å². The van der Waals surface area contributed by atoms with Gasteiger partial charge in [0.1, 0.15) is 0 Å². The molecule has 0 heterocycles. The molecule has 0 aromatic carbocycles. The van der Waals surface area contributed by atoms with E-state index in [0.29, 0.717) is 6.42 Å². The van der Waals surface area contributed by atoms with Gasteiger partial charge in [0, 0.05) is 6.42 Å². The SMILES string of the molecule is CC#CCC(O)C1(C)CCCC1. The third-order valence-corrected chi connectivity index (χ3v) is 3.02. The smallest absolute Gasteiger partial charge is 0.0702 e. The van der Waals surface area contributed by atoms with Crippen LogP contribution in [0.2, 0.25) is 0 Å². The van der Waals surface area contributed by atoms with Gasteiger partial charge >= 0.3 is 0 Å². The van der Waals surface area contributed by atoms with E-state index in [1.54, 1.807) is 0 Å². The molecule has 1 atom stereocenters. The summed E-state index contributed by atoms with van der Waals surface area (Å²) in [7, 11) is 0. The van der Waals surface area contributed by atoms with Gasteiger partial charge in [0.25, 0.3) is 0 Å². The van der Waals surface area contributed by atoms with Crippen LogP contribution in [0.3, 0.4) is 0 Å². The molecule has 0 spiro atoms. The summed E-state index contributed by atoms with van der Waals surface area (Å²) in [5.74, 6) is 5.78. The maximum atomic E-state index is 9.84. The van der Waals surface area contributed by atoms with E-state index in [1.165, 1.54) is 25.7 Å². The van der Waals surface area contributed by atoms with E-state index in [1.807, 2.05) is 6.92 Å². The van der Waals surface area contributed by atoms with E-state index in [-0.39, 0.29) is 11.5 Å². The Morgan fingerprint density at radius 3 is 2.50 bits per heavy atom. The minimum atomic E-state index is -0.215. The van der Waals surface area contributed by atoms with Crippen LogP contribution in [-0.4, -0.2) is 11.2 Å². The van der Waals surface area contributed by atoms with Crippen molar-refractivity contribution < 1.29 is 5.11 Å².